The molecule has 4 amide bonds. The molecule has 6 nitrogen and oxygen atoms in total. The van der Waals surface area contributed by atoms with Gasteiger partial charge in [0.15, 0.2) is 0 Å². The van der Waals surface area contributed by atoms with Gasteiger partial charge in [-0.2, -0.15) is 0 Å². The number of Topliss-reactive ketones (excluding diaryl/α,β-unsaturated/α-hetero) is 1. The van der Waals surface area contributed by atoms with Gasteiger partial charge in [0.2, 0.25) is 0 Å². The number of carbonyl (C=O) groups is 4. The summed E-state index contributed by atoms with van der Waals surface area (Å²) in [6.45, 7) is 3.82. The van der Waals surface area contributed by atoms with E-state index >= 15 is 0 Å². The van der Waals surface area contributed by atoms with Gasteiger partial charge in [-0.25, -0.2) is 4.79 Å². The lowest BCUT2D eigenvalue weighted by atomic mass is 9.73. The van der Waals surface area contributed by atoms with E-state index in [4.69, 9.17) is 0 Å². The average molecular weight is 250 g/mol. The Bertz CT molecular complexity index is 480. The van der Waals surface area contributed by atoms with Crippen LogP contribution in [0.1, 0.15) is 33.1 Å². The molecule has 2 rings (SSSR count). The third-order valence-electron chi connectivity index (χ3n) is 3.04. The zero-order valence-electron chi connectivity index (χ0n) is 10.3. The van der Waals surface area contributed by atoms with Gasteiger partial charge in [0.1, 0.15) is 11.4 Å². The van der Waals surface area contributed by atoms with E-state index in [9.17, 15) is 19.2 Å². The molecule has 1 aliphatic carbocycles. The van der Waals surface area contributed by atoms with Crippen molar-refractivity contribution in [2.75, 3.05) is 0 Å². The highest BCUT2D eigenvalue weighted by molar-refractivity contribution is 6.29. The number of ketones is 1. The van der Waals surface area contributed by atoms with Crippen molar-refractivity contribution in [3.8, 4) is 0 Å². The van der Waals surface area contributed by atoms with E-state index < -0.39 is 17.8 Å². The Balaban J connectivity index is 2.40. The van der Waals surface area contributed by atoms with Crippen LogP contribution in [0, 0.1) is 5.41 Å². The molecule has 1 saturated heterocycles. The molecular formula is C12H14N2O4. The summed E-state index contributed by atoms with van der Waals surface area (Å²) in [5.41, 5.74) is 0.161. The SMILES string of the molecule is CC1(C)CC(=O)CC(=C2C(=O)NC(=O)NC2=O)C1. The predicted molar refractivity (Wildman–Crippen MR) is 61.3 cm³/mol. The standard InChI is InChI=1S/C12H14N2O4/c1-12(2)4-6(3-7(15)5-12)8-9(16)13-11(18)14-10(8)17/h3-5H2,1-2H3,(H2,13,14,16,17,18). The summed E-state index contributed by atoms with van der Waals surface area (Å²) in [6.07, 6.45) is 1.04. The molecule has 0 atom stereocenters. The smallest absolute Gasteiger partial charge is 0.299 e. The van der Waals surface area contributed by atoms with Gasteiger partial charge in [0, 0.05) is 12.8 Å². The fourth-order valence-electron chi connectivity index (χ4n) is 2.50. The van der Waals surface area contributed by atoms with Crippen molar-refractivity contribution < 1.29 is 19.2 Å². The van der Waals surface area contributed by atoms with E-state index in [1.165, 1.54) is 0 Å². The minimum absolute atomic E-state index is 0.00579. The number of imide groups is 2. The number of amides is 4. The van der Waals surface area contributed by atoms with E-state index in [-0.39, 0.29) is 23.2 Å². The van der Waals surface area contributed by atoms with Gasteiger partial charge in [0.05, 0.1) is 0 Å². The molecule has 18 heavy (non-hydrogen) atoms. The van der Waals surface area contributed by atoms with E-state index in [1.54, 1.807) is 0 Å². The topological polar surface area (TPSA) is 92.3 Å². The molecule has 0 bridgehead atoms. The molecule has 0 aromatic carbocycles. The first-order chi connectivity index (χ1) is 8.28. The van der Waals surface area contributed by atoms with Crippen molar-refractivity contribution in [3.63, 3.8) is 0 Å². The number of hydrogen-bond acceptors (Lipinski definition) is 4. The highest BCUT2D eigenvalue weighted by Crippen LogP contribution is 2.38. The highest BCUT2D eigenvalue weighted by atomic mass is 16.2. The Kier molecular flexibility index (Phi) is 2.80. The Morgan fingerprint density at radius 1 is 0.944 bits per heavy atom. The number of hydrogen-bond donors (Lipinski definition) is 2. The third-order valence-corrected chi connectivity index (χ3v) is 3.04. The number of carbonyl (C=O) groups excluding carboxylic acids is 4. The summed E-state index contributed by atoms with van der Waals surface area (Å²) in [7, 11) is 0. The van der Waals surface area contributed by atoms with E-state index in [1.807, 2.05) is 24.5 Å². The number of urea groups is 1. The van der Waals surface area contributed by atoms with Crippen molar-refractivity contribution in [1.82, 2.24) is 10.6 Å². The maximum absolute atomic E-state index is 11.7. The summed E-state index contributed by atoms with van der Waals surface area (Å²) < 4.78 is 0. The largest absolute Gasteiger partial charge is 0.328 e. The van der Waals surface area contributed by atoms with Gasteiger partial charge >= 0.3 is 6.03 Å². The Labute approximate surface area is 104 Å². The minimum atomic E-state index is -0.823. The predicted octanol–water partition coefficient (Wildman–Crippen LogP) is 0.428. The van der Waals surface area contributed by atoms with Crippen molar-refractivity contribution in [3.05, 3.63) is 11.1 Å². The fourth-order valence-corrected chi connectivity index (χ4v) is 2.50. The molecule has 1 aliphatic heterocycles. The first kappa shape index (κ1) is 12.5. The number of rotatable bonds is 0. The van der Waals surface area contributed by atoms with Gasteiger partial charge in [-0.1, -0.05) is 13.8 Å². The van der Waals surface area contributed by atoms with E-state index in [0.29, 0.717) is 18.4 Å². The lowest BCUT2D eigenvalue weighted by Crippen LogP contribution is -2.52. The monoisotopic (exact) mass is 250 g/mol. The summed E-state index contributed by atoms with van der Waals surface area (Å²) in [5, 5.41) is 4.04. The van der Waals surface area contributed by atoms with Crippen LogP contribution in [0.2, 0.25) is 0 Å². The molecule has 0 unspecified atom stereocenters. The molecule has 0 radical (unpaired) electrons. The second-order valence-corrected chi connectivity index (χ2v) is 5.45. The van der Waals surface area contributed by atoms with Crippen LogP contribution in [0.3, 0.4) is 0 Å². The summed E-state index contributed by atoms with van der Waals surface area (Å²) >= 11 is 0. The molecule has 0 spiro atoms. The van der Waals surface area contributed by atoms with Crippen LogP contribution in [0.25, 0.3) is 0 Å². The summed E-state index contributed by atoms with van der Waals surface area (Å²) in [5.74, 6) is -1.43. The summed E-state index contributed by atoms with van der Waals surface area (Å²) in [6, 6.07) is -0.823. The Morgan fingerprint density at radius 3 is 2.00 bits per heavy atom. The lowest BCUT2D eigenvalue weighted by molar-refractivity contribution is -0.124. The van der Waals surface area contributed by atoms with Crippen LogP contribution in [-0.2, 0) is 14.4 Å². The quantitative estimate of drug-likeness (QED) is 0.481. The zero-order chi connectivity index (χ0) is 13.5. The zero-order valence-corrected chi connectivity index (χ0v) is 10.3. The van der Waals surface area contributed by atoms with E-state index in [0.717, 1.165) is 0 Å². The molecular weight excluding hydrogens is 236 g/mol. The van der Waals surface area contributed by atoms with Crippen LogP contribution in [0.4, 0.5) is 4.79 Å². The molecule has 0 aromatic rings. The van der Waals surface area contributed by atoms with Crippen LogP contribution in [0.5, 0.6) is 0 Å². The summed E-state index contributed by atoms with van der Waals surface area (Å²) in [4.78, 5) is 45.9. The van der Waals surface area contributed by atoms with Crippen LogP contribution < -0.4 is 10.6 Å². The Morgan fingerprint density at radius 2 is 1.50 bits per heavy atom. The van der Waals surface area contributed by atoms with Crippen molar-refractivity contribution in [2.45, 2.75) is 33.1 Å². The molecule has 0 aromatic heterocycles. The molecule has 2 N–H and O–H groups in total. The van der Waals surface area contributed by atoms with Crippen LogP contribution >= 0.6 is 0 Å². The first-order valence-corrected chi connectivity index (χ1v) is 5.69. The maximum Gasteiger partial charge on any atom is 0.328 e. The van der Waals surface area contributed by atoms with Gasteiger partial charge in [-0.3, -0.25) is 25.0 Å². The molecule has 6 heteroatoms. The van der Waals surface area contributed by atoms with Gasteiger partial charge in [-0.05, 0) is 17.4 Å². The van der Waals surface area contributed by atoms with E-state index in [2.05, 4.69) is 0 Å². The second kappa shape index (κ2) is 4.04. The second-order valence-electron chi connectivity index (χ2n) is 5.45. The average Bonchev–Trinajstić information content (AvgIpc) is 2.11. The molecule has 2 aliphatic rings. The Hall–Kier alpha value is -1.98. The fraction of sp³-hybridized carbons (Fsp3) is 0.500. The minimum Gasteiger partial charge on any atom is -0.299 e. The van der Waals surface area contributed by atoms with Crippen molar-refractivity contribution >= 4 is 23.6 Å². The van der Waals surface area contributed by atoms with Crippen LogP contribution in [0.15, 0.2) is 11.1 Å². The van der Waals surface area contributed by atoms with Crippen LogP contribution in [-0.4, -0.2) is 23.6 Å². The van der Waals surface area contributed by atoms with Crippen molar-refractivity contribution in [2.24, 2.45) is 5.41 Å². The molecule has 96 valence electrons. The number of barbiturate groups is 1. The van der Waals surface area contributed by atoms with Gasteiger partial charge in [-0.15, -0.1) is 0 Å². The van der Waals surface area contributed by atoms with Gasteiger partial charge in [0.25, 0.3) is 11.8 Å². The van der Waals surface area contributed by atoms with Crippen molar-refractivity contribution in [1.29, 1.82) is 0 Å². The van der Waals surface area contributed by atoms with Gasteiger partial charge < -0.3 is 0 Å². The number of nitrogens with one attached hydrogen (secondary N) is 2. The normalized spacial score (nSPS) is 23.9. The first-order valence-electron chi connectivity index (χ1n) is 5.69. The highest BCUT2D eigenvalue weighted by Gasteiger charge is 2.36. The maximum atomic E-state index is 11.7. The molecule has 2 fully saturated rings. The lowest BCUT2D eigenvalue weighted by Gasteiger charge is -2.31. The number of allylic oxidation sites excluding steroid dienone is 1. The molecule has 1 heterocycles. The third kappa shape index (κ3) is 2.32. The molecule has 1 saturated carbocycles.